The zero-order valence-electron chi connectivity index (χ0n) is 22.0. The molecule has 2 aromatic rings. The van der Waals surface area contributed by atoms with Crippen LogP contribution in [0.25, 0.3) is 0 Å². The second-order valence-corrected chi connectivity index (χ2v) is 13.4. The minimum atomic E-state index is -3.91. The average molecular weight is 534 g/mol. The number of benzene rings is 2. The maximum absolute atomic E-state index is 14.2. The summed E-state index contributed by atoms with van der Waals surface area (Å²) < 4.78 is 41.1. The van der Waals surface area contributed by atoms with E-state index in [0.29, 0.717) is 10.6 Å². The van der Waals surface area contributed by atoms with Crippen molar-refractivity contribution in [1.82, 2.24) is 4.31 Å². The molecule has 1 heterocycles. The van der Waals surface area contributed by atoms with Gasteiger partial charge in [-0.3, -0.25) is 0 Å². The largest absolute Gasteiger partial charge is 0.458 e. The van der Waals surface area contributed by atoms with Gasteiger partial charge in [-0.25, -0.2) is 13.2 Å². The van der Waals surface area contributed by atoms with Crippen LogP contribution in [-0.4, -0.2) is 43.5 Å². The molecule has 0 fully saturated rings. The van der Waals surface area contributed by atoms with Crippen LogP contribution in [0, 0.1) is 12.3 Å². The van der Waals surface area contributed by atoms with Crippen LogP contribution in [0.1, 0.15) is 58.7 Å². The monoisotopic (exact) mass is 533 g/mol. The van der Waals surface area contributed by atoms with E-state index in [0.717, 1.165) is 11.1 Å². The van der Waals surface area contributed by atoms with E-state index < -0.39 is 39.1 Å². The number of rotatable bonds is 7. The third kappa shape index (κ3) is 6.57. The van der Waals surface area contributed by atoms with E-state index in [1.165, 1.54) is 0 Å². The fourth-order valence-corrected chi connectivity index (χ4v) is 6.62. The molecule has 8 heteroatoms. The summed E-state index contributed by atoms with van der Waals surface area (Å²) in [7, 11) is -3.91. The van der Waals surface area contributed by atoms with Gasteiger partial charge in [0.15, 0.2) is 0 Å². The number of nitrogens with zero attached hydrogens (tertiary/aromatic N) is 1. The summed E-state index contributed by atoms with van der Waals surface area (Å²) >= 11 is 6.15. The molecule has 2 atom stereocenters. The Bertz CT molecular complexity index is 1220. The molecule has 0 aliphatic carbocycles. The molecule has 2 aromatic carbocycles. The molecule has 6 nitrogen and oxygen atoms in total. The summed E-state index contributed by atoms with van der Waals surface area (Å²) in [6.45, 7) is 13.1. The van der Waals surface area contributed by atoms with E-state index in [-0.39, 0.29) is 18.1 Å². The Kier molecular flexibility index (Phi) is 8.40. The third-order valence-electron chi connectivity index (χ3n) is 5.88. The molecule has 1 aliphatic rings. The van der Waals surface area contributed by atoms with Crippen LogP contribution < -0.4 is 0 Å². The van der Waals surface area contributed by atoms with E-state index in [1.807, 2.05) is 45.0 Å². The Morgan fingerprint density at radius 2 is 1.61 bits per heavy atom. The molecule has 0 radical (unpaired) electrons. The molecule has 196 valence electrons. The quantitative estimate of drug-likeness (QED) is 0.318. The van der Waals surface area contributed by atoms with E-state index in [1.54, 1.807) is 62.3 Å². The minimum absolute atomic E-state index is 0.0822. The van der Waals surface area contributed by atoms with Gasteiger partial charge in [-0.2, -0.15) is 4.31 Å². The fourth-order valence-electron chi connectivity index (χ4n) is 4.33. The first-order chi connectivity index (χ1) is 16.6. The van der Waals surface area contributed by atoms with Gasteiger partial charge in [-0.15, -0.1) is 0 Å². The molecule has 0 saturated heterocycles. The second kappa shape index (κ2) is 10.7. The number of sulfonamides is 1. The lowest BCUT2D eigenvalue weighted by atomic mass is 9.87. The van der Waals surface area contributed by atoms with Crippen molar-refractivity contribution in [2.24, 2.45) is 5.41 Å². The highest BCUT2D eigenvalue weighted by Crippen LogP contribution is 2.46. The zero-order valence-corrected chi connectivity index (χ0v) is 23.6. The summed E-state index contributed by atoms with van der Waals surface area (Å²) in [5, 5.41) is 0.559. The number of aryl methyl sites for hydroxylation is 1. The number of esters is 1. The van der Waals surface area contributed by atoms with E-state index in [4.69, 9.17) is 21.1 Å². The molecule has 3 rings (SSSR count). The first kappa shape index (κ1) is 28.4. The van der Waals surface area contributed by atoms with Crippen LogP contribution >= 0.6 is 11.6 Å². The van der Waals surface area contributed by atoms with Crippen molar-refractivity contribution in [2.75, 3.05) is 13.2 Å². The number of carbonyl (C=O) groups excluding carboxylic acids is 1. The van der Waals surface area contributed by atoms with Gasteiger partial charge in [0.1, 0.15) is 12.2 Å². The van der Waals surface area contributed by atoms with Crippen LogP contribution in [0.15, 0.2) is 65.1 Å². The van der Waals surface area contributed by atoms with E-state index in [2.05, 4.69) is 0 Å². The lowest BCUT2D eigenvalue weighted by Gasteiger charge is -2.37. The van der Waals surface area contributed by atoms with Gasteiger partial charge in [-0.05, 0) is 68.0 Å². The van der Waals surface area contributed by atoms with Gasteiger partial charge in [0.2, 0.25) is 10.0 Å². The summed E-state index contributed by atoms with van der Waals surface area (Å²) in [5.74, 6) is -0.471. The molecule has 0 spiro atoms. The van der Waals surface area contributed by atoms with Gasteiger partial charge < -0.3 is 9.47 Å². The molecule has 36 heavy (non-hydrogen) atoms. The summed E-state index contributed by atoms with van der Waals surface area (Å²) in [5.41, 5.74) is 1.19. The Morgan fingerprint density at radius 1 is 1.00 bits per heavy atom. The molecular weight excluding hydrogens is 498 g/mol. The molecule has 0 aromatic heterocycles. The van der Waals surface area contributed by atoms with E-state index in [9.17, 15) is 13.2 Å². The highest BCUT2D eigenvalue weighted by Gasteiger charge is 2.48. The Balaban J connectivity index is 2.04. The first-order valence-corrected chi connectivity index (χ1v) is 13.8. The van der Waals surface area contributed by atoms with Gasteiger partial charge in [0, 0.05) is 11.1 Å². The van der Waals surface area contributed by atoms with Crippen molar-refractivity contribution in [1.29, 1.82) is 0 Å². The van der Waals surface area contributed by atoms with Crippen LogP contribution in [-0.2, 0) is 24.3 Å². The molecular formula is C28H36ClNO5S. The molecule has 1 aliphatic heterocycles. The predicted molar refractivity (Wildman–Crippen MR) is 142 cm³/mol. The molecule has 0 bridgehead atoms. The van der Waals surface area contributed by atoms with Crippen LogP contribution in [0.4, 0.5) is 0 Å². The SMILES string of the molecule is Cc1ccccc1S(=O)(=O)N1[C@@H](c2ccc(Cl)cc2)C(COCC(=O)OC(C)(C)C)=C[C@H]1C(C)(C)C. The van der Waals surface area contributed by atoms with Gasteiger partial charge >= 0.3 is 5.97 Å². The van der Waals surface area contributed by atoms with Crippen molar-refractivity contribution in [2.45, 2.75) is 71.0 Å². The molecule has 0 saturated carbocycles. The van der Waals surface area contributed by atoms with Gasteiger partial charge in [0.25, 0.3) is 0 Å². The maximum atomic E-state index is 14.2. The number of carbonyl (C=O) groups is 1. The Labute approximate surface area is 220 Å². The van der Waals surface area contributed by atoms with Crippen molar-refractivity contribution in [3.63, 3.8) is 0 Å². The van der Waals surface area contributed by atoms with Crippen LogP contribution in [0.3, 0.4) is 0 Å². The zero-order chi connectivity index (χ0) is 26.9. The smallest absolute Gasteiger partial charge is 0.332 e. The standard InChI is InChI=1S/C28H36ClNO5S/c1-19-10-8-9-11-23(19)36(32,33)30-24(27(2,3)4)16-21(17-34-18-25(31)35-28(5,6)7)26(30)20-12-14-22(29)15-13-20/h8-16,24,26H,17-18H2,1-7H3/t24-,26-/m0/s1. The maximum Gasteiger partial charge on any atom is 0.332 e. The molecule has 0 unspecified atom stereocenters. The number of halogens is 1. The lowest BCUT2D eigenvalue weighted by molar-refractivity contribution is -0.159. The van der Waals surface area contributed by atoms with E-state index >= 15 is 0 Å². The topological polar surface area (TPSA) is 72.9 Å². The first-order valence-electron chi connectivity index (χ1n) is 12.0. The third-order valence-corrected chi connectivity index (χ3v) is 8.14. The average Bonchev–Trinajstić information content (AvgIpc) is 3.14. The number of hydrogen-bond acceptors (Lipinski definition) is 5. The van der Waals surface area contributed by atoms with Crippen LogP contribution in [0.5, 0.6) is 0 Å². The fraction of sp³-hybridized carbons (Fsp3) is 0.464. The second-order valence-electron chi connectivity index (χ2n) is 11.2. The predicted octanol–water partition coefficient (Wildman–Crippen LogP) is 6.09. The summed E-state index contributed by atoms with van der Waals surface area (Å²) in [4.78, 5) is 12.5. The lowest BCUT2D eigenvalue weighted by Crippen LogP contribution is -2.45. The minimum Gasteiger partial charge on any atom is -0.458 e. The van der Waals surface area contributed by atoms with Crippen molar-refractivity contribution >= 4 is 27.6 Å². The van der Waals surface area contributed by atoms with Crippen LogP contribution in [0.2, 0.25) is 5.02 Å². The van der Waals surface area contributed by atoms with Crippen molar-refractivity contribution < 1.29 is 22.7 Å². The summed E-state index contributed by atoms with van der Waals surface area (Å²) in [6.07, 6.45) is 1.96. The number of hydrogen-bond donors (Lipinski definition) is 0. The Morgan fingerprint density at radius 3 is 2.17 bits per heavy atom. The van der Waals surface area contributed by atoms with Gasteiger partial charge in [-0.1, -0.05) is 68.8 Å². The highest BCUT2D eigenvalue weighted by molar-refractivity contribution is 7.89. The highest BCUT2D eigenvalue weighted by atomic mass is 35.5. The van der Waals surface area contributed by atoms with Gasteiger partial charge in [0.05, 0.1) is 17.5 Å². The molecule has 0 N–H and O–H groups in total. The Hall–Kier alpha value is -2.19. The van der Waals surface area contributed by atoms with Crippen molar-refractivity contribution in [3.8, 4) is 0 Å². The van der Waals surface area contributed by atoms with Crippen molar-refractivity contribution in [3.05, 3.63) is 76.3 Å². The summed E-state index contributed by atoms with van der Waals surface area (Å²) in [6, 6.07) is 13.1. The number of ether oxygens (including phenoxy) is 2. The normalized spacial score (nSPS) is 19.3. The molecule has 0 amide bonds.